The summed E-state index contributed by atoms with van der Waals surface area (Å²) in [4.78, 5) is 34.5. The smallest absolute Gasteiger partial charge is 0.258 e. The second-order valence-electron chi connectivity index (χ2n) is 6.20. The van der Waals surface area contributed by atoms with Crippen molar-refractivity contribution >= 4 is 40.4 Å². The van der Waals surface area contributed by atoms with Crippen LogP contribution in [0.3, 0.4) is 0 Å². The summed E-state index contributed by atoms with van der Waals surface area (Å²) in [6.45, 7) is 0.218. The molecule has 10 heteroatoms. The van der Waals surface area contributed by atoms with Crippen molar-refractivity contribution in [1.29, 1.82) is 0 Å². The molecular weight excluding hydrogens is 396 g/mol. The second kappa shape index (κ2) is 7.49. The van der Waals surface area contributed by atoms with Crippen LogP contribution in [-0.2, 0) is 17.9 Å². The fourth-order valence-corrected chi connectivity index (χ4v) is 3.76. The largest absolute Gasteiger partial charge is 0.337 e. The number of H-pyrrole nitrogens is 2. The van der Waals surface area contributed by atoms with Gasteiger partial charge in [-0.25, -0.2) is 4.98 Å². The van der Waals surface area contributed by atoms with Crippen LogP contribution in [0.25, 0.3) is 21.6 Å². The number of nitrogens with one attached hydrogen (secondary N) is 2. The minimum atomic E-state index is -0.224. The number of nitrogens with zero attached hydrogens (tertiary/aromatic N) is 4. The van der Waals surface area contributed by atoms with Gasteiger partial charge in [0.15, 0.2) is 10.6 Å². The van der Waals surface area contributed by atoms with Crippen molar-refractivity contribution in [3.8, 4) is 10.7 Å². The van der Waals surface area contributed by atoms with Gasteiger partial charge in [0.25, 0.3) is 5.56 Å². The van der Waals surface area contributed by atoms with E-state index in [-0.39, 0.29) is 24.6 Å². The number of carbonyl (C=O) groups is 1. The van der Waals surface area contributed by atoms with Gasteiger partial charge in [0.1, 0.15) is 12.4 Å². The molecule has 1 amide bonds. The molecule has 3 aromatic heterocycles. The van der Waals surface area contributed by atoms with E-state index in [0.29, 0.717) is 27.3 Å². The van der Waals surface area contributed by atoms with Crippen molar-refractivity contribution < 1.29 is 4.79 Å². The van der Waals surface area contributed by atoms with Crippen molar-refractivity contribution in [2.24, 2.45) is 0 Å². The fraction of sp³-hybridized carbons (Fsp3) is 0.167. The molecule has 1 aromatic carbocycles. The Morgan fingerprint density at radius 1 is 1.29 bits per heavy atom. The van der Waals surface area contributed by atoms with Crippen molar-refractivity contribution in [3.05, 3.63) is 62.7 Å². The van der Waals surface area contributed by atoms with Crippen molar-refractivity contribution in [1.82, 2.24) is 29.6 Å². The topological polar surface area (TPSA) is 99.7 Å². The van der Waals surface area contributed by atoms with E-state index in [1.165, 1.54) is 16.2 Å². The minimum absolute atomic E-state index is 0.0386. The van der Waals surface area contributed by atoms with Crippen LogP contribution in [0.15, 0.2) is 46.6 Å². The van der Waals surface area contributed by atoms with Crippen molar-refractivity contribution in [3.63, 3.8) is 0 Å². The molecule has 0 aliphatic rings. The van der Waals surface area contributed by atoms with E-state index in [9.17, 15) is 9.59 Å². The molecule has 28 heavy (non-hydrogen) atoms. The highest BCUT2D eigenvalue weighted by atomic mass is 32.1. The Labute approximate surface area is 168 Å². The van der Waals surface area contributed by atoms with Gasteiger partial charge in [0, 0.05) is 7.05 Å². The van der Waals surface area contributed by atoms with Gasteiger partial charge in [0.2, 0.25) is 5.91 Å². The highest BCUT2D eigenvalue weighted by Gasteiger charge is 2.17. The van der Waals surface area contributed by atoms with E-state index in [1.54, 1.807) is 29.8 Å². The average Bonchev–Trinajstić information content (AvgIpc) is 3.32. The van der Waals surface area contributed by atoms with Crippen molar-refractivity contribution in [2.75, 3.05) is 7.05 Å². The number of rotatable bonds is 5. The predicted molar refractivity (Wildman–Crippen MR) is 110 cm³/mol. The summed E-state index contributed by atoms with van der Waals surface area (Å²) in [5, 5.41) is 9.42. The zero-order chi connectivity index (χ0) is 19.7. The molecule has 2 N–H and O–H groups in total. The Morgan fingerprint density at radius 2 is 2.11 bits per heavy atom. The molecule has 8 nitrogen and oxygen atoms in total. The van der Waals surface area contributed by atoms with Gasteiger partial charge in [0.05, 0.1) is 22.3 Å². The quantitative estimate of drug-likeness (QED) is 0.491. The molecule has 142 valence electrons. The van der Waals surface area contributed by atoms with E-state index in [0.717, 1.165) is 4.88 Å². The van der Waals surface area contributed by atoms with Crippen LogP contribution in [0.4, 0.5) is 0 Å². The Balaban J connectivity index is 1.55. The van der Waals surface area contributed by atoms with Crippen LogP contribution in [0, 0.1) is 4.77 Å². The molecule has 0 aliphatic heterocycles. The lowest BCUT2D eigenvalue weighted by Crippen LogP contribution is -2.31. The van der Waals surface area contributed by atoms with E-state index in [1.807, 2.05) is 23.6 Å². The molecular formula is C18H16N6O2S2. The van der Waals surface area contributed by atoms with Gasteiger partial charge in [-0.2, -0.15) is 5.10 Å². The lowest BCUT2D eigenvalue weighted by Gasteiger charge is -2.17. The van der Waals surface area contributed by atoms with Crippen LogP contribution >= 0.6 is 23.6 Å². The van der Waals surface area contributed by atoms with Crippen molar-refractivity contribution in [2.45, 2.75) is 13.1 Å². The Bertz CT molecular complexity index is 1260. The van der Waals surface area contributed by atoms with Crippen LogP contribution < -0.4 is 5.56 Å². The monoisotopic (exact) mass is 412 g/mol. The molecule has 0 saturated carbocycles. The lowest BCUT2D eigenvalue weighted by atomic mass is 10.2. The Morgan fingerprint density at radius 3 is 2.89 bits per heavy atom. The van der Waals surface area contributed by atoms with Crippen LogP contribution in [-0.4, -0.2) is 42.6 Å². The maximum Gasteiger partial charge on any atom is 0.258 e. The Kier molecular flexibility index (Phi) is 4.88. The first kappa shape index (κ1) is 18.3. The maximum absolute atomic E-state index is 12.7. The molecule has 0 aliphatic carbocycles. The molecule has 0 radical (unpaired) electrons. The molecule has 0 unspecified atom stereocenters. The van der Waals surface area contributed by atoms with E-state index in [2.05, 4.69) is 20.2 Å². The number of hydrogen-bond donors (Lipinski definition) is 2. The van der Waals surface area contributed by atoms with Gasteiger partial charge < -0.3 is 9.88 Å². The third-order valence-corrected chi connectivity index (χ3v) is 5.45. The van der Waals surface area contributed by atoms with E-state index < -0.39 is 0 Å². The fourth-order valence-electron chi connectivity index (χ4n) is 2.84. The first-order chi connectivity index (χ1) is 13.5. The summed E-state index contributed by atoms with van der Waals surface area (Å²) in [6.07, 6.45) is 0. The SMILES string of the molecule is CN(Cc1nc2ccccc2c(=O)[nH]1)C(=O)Cn1c(-c2cccs2)n[nH]c1=S. The molecule has 0 spiro atoms. The van der Waals surface area contributed by atoms with Crippen LogP contribution in [0.5, 0.6) is 0 Å². The lowest BCUT2D eigenvalue weighted by molar-refractivity contribution is -0.131. The van der Waals surface area contributed by atoms with Crippen LogP contribution in [0.1, 0.15) is 5.82 Å². The minimum Gasteiger partial charge on any atom is -0.337 e. The normalized spacial score (nSPS) is 11.0. The zero-order valence-electron chi connectivity index (χ0n) is 14.9. The number of thiophene rings is 1. The average molecular weight is 413 g/mol. The number of fused-ring (bicyclic) bond motifs is 1. The van der Waals surface area contributed by atoms with Gasteiger partial charge in [-0.3, -0.25) is 19.3 Å². The number of likely N-dealkylation sites (N-methyl/N-ethyl adjacent to an activating group) is 1. The number of aromatic nitrogens is 5. The standard InChI is InChI=1S/C18H16N6O2S2/c1-23(9-14-19-12-6-3-2-5-11(12)17(26)20-14)15(25)10-24-16(21-22-18(24)27)13-7-4-8-28-13/h2-8H,9-10H2,1H3,(H,22,27)(H,19,20,26). The molecule has 3 heterocycles. The first-order valence-electron chi connectivity index (χ1n) is 8.44. The summed E-state index contributed by atoms with van der Waals surface area (Å²) in [5.41, 5.74) is 0.373. The maximum atomic E-state index is 12.7. The molecule has 4 rings (SSSR count). The highest BCUT2D eigenvalue weighted by molar-refractivity contribution is 7.71. The first-order valence-corrected chi connectivity index (χ1v) is 9.72. The zero-order valence-corrected chi connectivity index (χ0v) is 16.5. The number of amides is 1. The van der Waals surface area contributed by atoms with Gasteiger partial charge in [-0.05, 0) is 35.8 Å². The number of para-hydroxylation sites is 1. The van der Waals surface area contributed by atoms with Crippen LogP contribution in [0.2, 0.25) is 0 Å². The molecule has 0 atom stereocenters. The van der Waals surface area contributed by atoms with E-state index in [4.69, 9.17) is 12.2 Å². The Hall–Kier alpha value is -3.11. The summed E-state index contributed by atoms with van der Waals surface area (Å²) in [5.74, 6) is 0.874. The second-order valence-corrected chi connectivity index (χ2v) is 7.53. The summed E-state index contributed by atoms with van der Waals surface area (Å²) in [7, 11) is 1.66. The number of hydrogen-bond acceptors (Lipinski definition) is 6. The molecule has 0 saturated heterocycles. The number of carbonyl (C=O) groups excluding carboxylic acids is 1. The summed E-state index contributed by atoms with van der Waals surface area (Å²) >= 11 is 6.79. The third-order valence-electron chi connectivity index (χ3n) is 4.27. The van der Waals surface area contributed by atoms with Gasteiger partial charge in [-0.1, -0.05) is 18.2 Å². The van der Waals surface area contributed by atoms with Gasteiger partial charge in [-0.15, -0.1) is 11.3 Å². The number of aromatic amines is 2. The van der Waals surface area contributed by atoms with Gasteiger partial charge >= 0.3 is 0 Å². The third kappa shape index (κ3) is 3.51. The van der Waals surface area contributed by atoms with E-state index >= 15 is 0 Å². The predicted octanol–water partition coefficient (Wildman–Crippen LogP) is 2.56. The molecule has 4 aromatic rings. The summed E-state index contributed by atoms with van der Waals surface area (Å²) in [6, 6.07) is 10.9. The molecule has 0 fully saturated rings. The highest BCUT2D eigenvalue weighted by Crippen LogP contribution is 2.22. The number of benzene rings is 1. The summed E-state index contributed by atoms with van der Waals surface area (Å²) < 4.78 is 2.04. The molecule has 0 bridgehead atoms.